The molecule has 0 aliphatic rings. The number of carbonyl (C=O) groups excluding carboxylic acids is 2. The molecule has 5 heteroatoms. The number of likely N-dealkylation sites (N-methyl/N-ethyl adjacent to an activating group) is 1. The molecule has 0 aliphatic heterocycles. The lowest BCUT2D eigenvalue weighted by atomic mass is 10.0. The van der Waals surface area contributed by atoms with Crippen LogP contribution in [-0.2, 0) is 9.59 Å². The van der Waals surface area contributed by atoms with Gasteiger partial charge in [-0.1, -0.05) is 13.8 Å². The summed E-state index contributed by atoms with van der Waals surface area (Å²) in [6.45, 7) is 4.01. The zero-order chi connectivity index (χ0) is 12.0. The van der Waals surface area contributed by atoms with Gasteiger partial charge < -0.3 is 10.2 Å². The summed E-state index contributed by atoms with van der Waals surface area (Å²) in [7, 11) is 3.34. The maximum atomic E-state index is 11.7. The van der Waals surface area contributed by atoms with E-state index >= 15 is 0 Å². The van der Waals surface area contributed by atoms with Crippen molar-refractivity contribution in [1.29, 1.82) is 0 Å². The molecule has 4 nitrogen and oxygen atoms in total. The highest BCUT2D eigenvalue weighted by Crippen LogP contribution is 2.06. The molecule has 0 bridgehead atoms. The zero-order valence-electron chi connectivity index (χ0n) is 9.71. The first-order valence-electron chi connectivity index (χ1n) is 4.95. The van der Waals surface area contributed by atoms with E-state index in [0.29, 0.717) is 12.3 Å². The van der Waals surface area contributed by atoms with Crippen molar-refractivity contribution in [2.45, 2.75) is 26.3 Å². The van der Waals surface area contributed by atoms with Gasteiger partial charge in [0.15, 0.2) is 0 Å². The van der Waals surface area contributed by atoms with Crippen molar-refractivity contribution >= 4 is 23.4 Å². The van der Waals surface area contributed by atoms with Crippen LogP contribution in [0.2, 0.25) is 0 Å². The van der Waals surface area contributed by atoms with Crippen molar-refractivity contribution in [2.75, 3.05) is 20.0 Å². The average molecular weight is 235 g/mol. The van der Waals surface area contributed by atoms with Crippen LogP contribution in [0.5, 0.6) is 0 Å². The van der Waals surface area contributed by atoms with Gasteiger partial charge in [-0.15, -0.1) is 11.6 Å². The highest BCUT2D eigenvalue weighted by atomic mass is 35.5. The lowest BCUT2D eigenvalue weighted by Gasteiger charge is -2.22. The second-order valence-corrected chi connectivity index (χ2v) is 4.38. The Labute approximate surface area is 96.0 Å². The Balaban J connectivity index is 4.43. The van der Waals surface area contributed by atoms with E-state index in [1.165, 1.54) is 4.90 Å². The number of halogens is 1. The lowest BCUT2D eigenvalue weighted by Crippen LogP contribution is -2.47. The first kappa shape index (κ1) is 14.2. The van der Waals surface area contributed by atoms with Crippen LogP contribution in [0.1, 0.15) is 20.3 Å². The molecule has 0 heterocycles. The number of nitrogens with one attached hydrogen (secondary N) is 1. The molecule has 0 radical (unpaired) electrons. The summed E-state index contributed by atoms with van der Waals surface area (Å²) < 4.78 is 0. The smallest absolute Gasteiger partial charge is 0.244 e. The SMILES string of the molecule is CC(C)CC(NC(=O)CCl)C(=O)N(C)C. The van der Waals surface area contributed by atoms with Gasteiger partial charge in [0.1, 0.15) is 11.9 Å². The first-order valence-corrected chi connectivity index (χ1v) is 5.48. The van der Waals surface area contributed by atoms with Crippen LogP contribution in [0, 0.1) is 5.92 Å². The molecule has 0 aromatic rings. The Hall–Kier alpha value is -0.770. The van der Waals surface area contributed by atoms with Gasteiger partial charge in [0.2, 0.25) is 11.8 Å². The van der Waals surface area contributed by atoms with E-state index in [9.17, 15) is 9.59 Å². The summed E-state index contributed by atoms with van der Waals surface area (Å²) in [5.74, 6) is -0.177. The summed E-state index contributed by atoms with van der Waals surface area (Å²) in [6.07, 6.45) is 0.625. The molecular formula is C10H19ClN2O2. The van der Waals surface area contributed by atoms with Crippen LogP contribution in [0.15, 0.2) is 0 Å². The van der Waals surface area contributed by atoms with E-state index < -0.39 is 6.04 Å². The monoisotopic (exact) mass is 234 g/mol. The van der Waals surface area contributed by atoms with E-state index in [0.717, 1.165) is 0 Å². The summed E-state index contributed by atoms with van der Waals surface area (Å²) in [6, 6.07) is -0.466. The fourth-order valence-corrected chi connectivity index (χ4v) is 1.31. The van der Waals surface area contributed by atoms with Gasteiger partial charge in [0.25, 0.3) is 0 Å². The van der Waals surface area contributed by atoms with Gasteiger partial charge in [-0.2, -0.15) is 0 Å². The van der Waals surface area contributed by atoms with E-state index in [4.69, 9.17) is 11.6 Å². The summed E-state index contributed by atoms with van der Waals surface area (Å²) >= 11 is 5.38. The highest BCUT2D eigenvalue weighted by Gasteiger charge is 2.22. The molecule has 88 valence electrons. The second-order valence-electron chi connectivity index (χ2n) is 4.12. The number of alkyl halides is 1. The number of rotatable bonds is 5. The Kier molecular flexibility index (Phi) is 6.32. The third-order valence-electron chi connectivity index (χ3n) is 1.90. The van der Waals surface area contributed by atoms with Crippen molar-refractivity contribution in [3.8, 4) is 0 Å². The first-order chi connectivity index (χ1) is 6.88. The van der Waals surface area contributed by atoms with Crippen LogP contribution >= 0.6 is 11.6 Å². The molecule has 0 saturated heterocycles. The summed E-state index contributed by atoms with van der Waals surface area (Å²) in [5.41, 5.74) is 0. The predicted octanol–water partition coefficient (Wildman–Crippen LogP) is 0.844. The second kappa shape index (κ2) is 6.67. The number of amides is 2. The largest absolute Gasteiger partial charge is 0.347 e. The van der Waals surface area contributed by atoms with Crippen LogP contribution < -0.4 is 5.32 Å². The molecular weight excluding hydrogens is 216 g/mol. The van der Waals surface area contributed by atoms with E-state index in [1.807, 2.05) is 13.8 Å². The molecule has 1 N–H and O–H groups in total. The van der Waals surface area contributed by atoms with Crippen LogP contribution in [0.25, 0.3) is 0 Å². The van der Waals surface area contributed by atoms with Crippen molar-refractivity contribution in [1.82, 2.24) is 10.2 Å². The fraction of sp³-hybridized carbons (Fsp3) is 0.800. The van der Waals surface area contributed by atoms with Gasteiger partial charge >= 0.3 is 0 Å². The Morgan fingerprint density at radius 1 is 1.33 bits per heavy atom. The molecule has 0 spiro atoms. The summed E-state index contributed by atoms with van der Waals surface area (Å²) in [4.78, 5) is 24.3. The molecule has 1 atom stereocenters. The molecule has 0 saturated carbocycles. The van der Waals surface area contributed by atoms with Crippen molar-refractivity contribution < 1.29 is 9.59 Å². The molecule has 15 heavy (non-hydrogen) atoms. The van der Waals surface area contributed by atoms with Gasteiger partial charge in [-0.25, -0.2) is 0 Å². The lowest BCUT2D eigenvalue weighted by molar-refractivity contribution is -0.134. The normalized spacial score (nSPS) is 12.4. The molecule has 1 unspecified atom stereocenters. The average Bonchev–Trinajstić information content (AvgIpc) is 2.14. The summed E-state index contributed by atoms with van der Waals surface area (Å²) in [5, 5.41) is 2.62. The minimum atomic E-state index is -0.466. The van der Waals surface area contributed by atoms with Gasteiger partial charge in [-0.3, -0.25) is 9.59 Å². The van der Waals surface area contributed by atoms with E-state index in [2.05, 4.69) is 5.32 Å². The maximum absolute atomic E-state index is 11.7. The van der Waals surface area contributed by atoms with Gasteiger partial charge in [0, 0.05) is 14.1 Å². The van der Waals surface area contributed by atoms with Crippen molar-refractivity contribution in [3.05, 3.63) is 0 Å². The Morgan fingerprint density at radius 2 is 1.87 bits per heavy atom. The predicted molar refractivity (Wildman–Crippen MR) is 60.8 cm³/mol. The Morgan fingerprint density at radius 3 is 2.20 bits per heavy atom. The van der Waals surface area contributed by atoms with Crippen molar-refractivity contribution in [2.24, 2.45) is 5.92 Å². The molecule has 0 aliphatic carbocycles. The third-order valence-corrected chi connectivity index (χ3v) is 2.15. The number of hydrogen-bond donors (Lipinski definition) is 1. The minimum Gasteiger partial charge on any atom is -0.347 e. The number of carbonyl (C=O) groups is 2. The van der Waals surface area contributed by atoms with E-state index in [1.54, 1.807) is 14.1 Å². The zero-order valence-corrected chi connectivity index (χ0v) is 10.5. The van der Waals surface area contributed by atoms with Crippen LogP contribution in [0.3, 0.4) is 0 Å². The minimum absolute atomic E-state index is 0.0952. The van der Waals surface area contributed by atoms with Gasteiger partial charge in [-0.05, 0) is 12.3 Å². The quantitative estimate of drug-likeness (QED) is 0.717. The van der Waals surface area contributed by atoms with Crippen molar-refractivity contribution in [3.63, 3.8) is 0 Å². The number of nitrogens with zero attached hydrogens (tertiary/aromatic N) is 1. The third kappa shape index (κ3) is 5.62. The molecule has 0 fully saturated rings. The van der Waals surface area contributed by atoms with Crippen LogP contribution in [0.4, 0.5) is 0 Å². The standard InChI is InChI=1S/C10H19ClN2O2/c1-7(2)5-8(10(15)13(3)4)12-9(14)6-11/h7-8H,5-6H2,1-4H3,(H,12,14). The molecule has 0 rings (SSSR count). The van der Waals surface area contributed by atoms with Gasteiger partial charge in [0.05, 0.1) is 0 Å². The topological polar surface area (TPSA) is 49.4 Å². The molecule has 0 aromatic heterocycles. The number of hydrogen-bond acceptors (Lipinski definition) is 2. The van der Waals surface area contributed by atoms with E-state index in [-0.39, 0.29) is 17.7 Å². The fourth-order valence-electron chi connectivity index (χ4n) is 1.24. The maximum Gasteiger partial charge on any atom is 0.244 e. The van der Waals surface area contributed by atoms with Crippen LogP contribution in [-0.4, -0.2) is 42.7 Å². The molecule has 0 aromatic carbocycles. The highest BCUT2D eigenvalue weighted by molar-refractivity contribution is 6.27. The molecule has 2 amide bonds. The Bertz CT molecular complexity index is 229.